The Hall–Kier alpha value is -3.36. The molecule has 0 aromatic carbocycles. The van der Waals surface area contributed by atoms with Gasteiger partial charge < -0.3 is 4.90 Å². The molecule has 9 heteroatoms. The molecule has 3 aromatic rings. The fourth-order valence-electron chi connectivity index (χ4n) is 3.48. The summed E-state index contributed by atoms with van der Waals surface area (Å²) in [6.45, 7) is 2.02. The number of hydrogen-bond acceptors (Lipinski definition) is 6. The van der Waals surface area contributed by atoms with E-state index in [1.807, 2.05) is 23.0 Å². The minimum atomic E-state index is -0.233. The number of rotatable bonds is 4. The Labute approximate surface area is 161 Å². The van der Waals surface area contributed by atoms with Crippen LogP contribution < -0.4 is 5.56 Å². The van der Waals surface area contributed by atoms with E-state index in [1.54, 1.807) is 24.3 Å². The molecule has 0 aliphatic carbocycles. The van der Waals surface area contributed by atoms with E-state index in [1.165, 1.54) is 16.8 Å². The van der Waals surface area contributed by atoms with Gasteiger partial charge in [-0.2, -0.15) is 5.10 Å². The molecular formula is C19H21N7O2. The van der Waals surface area contributed by atoms with Crippen LogP contribution in [0.1, 0.15) is 23.3 Å². The van der Waals surface area contributed by atoms with Gasteiger partial charge in [-0.05, 0) is 37.0 Å². The van der Waals surface area contributed by atoms with Gasteiger partial charge in [-0.15, -0.1) is 5.10 Å². The van der Waals surface area contributed by atoms with Gasteiger partial charge in [-0.1, -0.05) is 5.21 Å². The monoisotopic (exact) mass is 379 g/mol. The SMILES string of the molecule is Cn1nc(C(=O)N2CCC[C@H](Cn3cc(-c4cccnc4)nn3)C2)ccc1=O. The lowest BCUT2D eigenvalue weighted by Crippen LogP contribution is -2.42. The molecule has 1 saturated heterocycles. The molecule has 28 heavy (non-hydrogen) atoms. The molecule has 0 radical (unpaired) electrons. The Bertz CT molecular complexity index is 1030. The Balaban J connectivity index is 1.43. The third-order valence-electron chi connectivity index (χ3n) is 4.93. The normalized spacial score (nSPS) is 16.9. The van der Waals surface area contributed by atoms with Crippen LogP contribution in [-0.4, -0.2) is 53.7 Å². The van der Waals surface area contributed by atoms with Gasteiger partial charge in [-0.25, -0.2) is 4.68 Å². The van der Waals surface area contributed by atoms with E-state index >= 15 is 0 Å². The van der Waals surface area contributed by atoms with E-state index in [-0.39, 0.29) is 17.4 Å². The Morgan fingerprint density at radius 1 is 1.29 bits per heavy atom. The molecule has 1 amide bonds. The fourth-order valence-corrected chi connectivity index (χ4v) is 3.48. The van der Waals surface area contributed by atoms with Crippen LogP contribution in [-0.2, 0) is 13.6 Å². The summed E-state index contributed by atoms with van der Waals surface area (Å²) in [6, 6.07) is 6.68. The van der Waals surface area contributed by atoms with Crippen molar-refractivity contribution in [3.05, 3.63) is 58.9 Å². The molecule has 3 aromatic heterocycles. The number of hydrogen-bond donors (Lipinski definition) is 0. The van der Waals surface area contributed by atoms with Crippen molar-refractivity contribution in [3.8, 4) is 11.3 Å². The van der Waals surface area contributed by atoms with Crippen LogP contribution in [0.5, 0.6) is 0 Å². The van der Waals surface area contributed by atoms with Crippen molar-refractivity contribution in [2.75, 3.05) is 13.1 Å². The van der Waals surface area contributed by atoms with Crippen LogP contribution in [0.4, 0.5) is 0 Å². The van der Waals surface area contributed by atoms with Gasteiger partial charge in [-0.3, -0.25) is 19.3 Å². The molecule has 0 N–H and O–H groups in total. The maximum Gasteiger partial charge on any atom is 0.274 e. The first kappa shape index (κ1) is 18.0. The van der Waals surface area contributed by atoms with Gasteiger partial charge in [0, 0.05) is 50.7 Å². The Morgan fingerprint density at radius 3 is 2.96 bits per heavy atom. The van der Waals surface area contributed by atoms with Gasteiger partial charge in [0.05, 0.1) is 6.20 Å². The van der Waals surface area contributed by atoms with Crippen molar-refractivity contribution in [1.82, 2.24) is 34.7 Å². The average molecular weight is 379 g/mol. The number of aryl methyl sites for hydroxylation is 1. The third-order valence-corrected chi connectivity index (χ3v) is 4.93. The Kier molecular flexibility index (Phi) is 4.96. The number of piperidine rings is 1. The number of pyridine rings is 1. The third kappa shape index (κ3) is 3.83. The highest BCUT2D eigenvalue weighted by Crippen LogP contribution is 2.21. The highest BCUT2D eigenvalue weighted by molar-refractivity contribution is 5.92. The number of aromatic nitrogens is 6. The van der Waals surface area contributed by atoms with E-state index in [2.05, 4.69) is 20.4 Å². The summed E-state index contributed by atoms with van der Waals surface area (Å²) in [6.07, 6.45) is 7.34. The first-order chi connectivity index (χ1) is 13.6. The maximum absolute atomic E-state index is 12.8. The van der Waals surface area contributed by atoms with Crippen molar-refractivity contribution in [3.63, 3.8) is 0 Å². The summed E-state index contributed by atoms with van der Waals surface area (Å²) in [5, 5.41) is 12.5. The van der Waals surface area contributed by atoms with Crippen LogP contribution in [0.3, 0.4) is 0 Å². The zero-order valence-corrected chi connectivity index (χ0v) is 15.6. The van der Waals surface area contributed by atoms with E-state index in [4.69, 9.17) is 0 Å². The van der Waals surface area contributed by atoms with Crippen molar-refractivity contribution in [1.29, 1.82) is 0 Å². The summed E-state index contributed by atoms with van der Waals surface area (Å²) in [5.74, 6) is 0.142. The molecule has 1 aliphatic rings. The Morgan fingerprint density at radius 2 is 2.18 bits per heavy atom. The minimum absolute atomic E-state index is 0.144. The molecule has 4 heterocycles. The minimum Gasteiger partial charge on any atom is -0.337 e. The summed E-state index contributed by atoms with van der Waals surface area (Å²) in [5.41, 5.74) is 1.77. The fraction of sp³-hybridized carbons (Fsp3) is 0.368. The van der Waals surface area contributed by atoms with Gasteiger partial charge in [0.25, 0.3) is 11.5 Å². The van der Waals surface area contributed by atoms with Crippen LogP contribution in [0.15, 0.2) is 47.7 Å². The number of nitrogens with zero attached hydrogens (tertiary/aromatic N) is 7. The summed E-state index contributed by atoms with van der Waals surface area (Å²) in [4.78, 5) is 30.2. The van der Waals surface area contributed by atoms with E-state index in [0.29, 0.717) is 25.3 Å². The molecule has 0 bridgehead atoms. The number of likely N-dealkylation sites (tertiary alicyclic amines) is 1. The summed E-state index contributed by atoms with van der Waals surface area (Å²) in [7, 11) is 1.54. The lowest BCUT2D eigenvalue weighted by molar-refractivity contribution is 0.0651. The maximum atomic E-state index is 12.8. The van der Waals surface area contributed by atoms with E-state index < -0.39 is 0 Å². The summed E-state index contributed by atoms with van der Waals surface area (Å²) < 4.78 is 3.01. The van der Waals surface area contributed by atoms with Crippen molar-refractivity contribution < 1.29 is 4.79 Å². The highest BCUT2D eigenvalue weighted by atomic mass is 16.2. The second kappa shape index (κ2) is 7.71. The molecule has 9 nitrogen and oxygen atoms in total. The van der Waals surface area contributed by atoms with Gasteiger partial charge >= 0.3 is 0 Å². The van der Waals surface area contributed by atoms with Crippen LogP contribution in [0.25, 0.3) is 11.3 Å². The molecule has 0 saturated carbocycles. The first-order valence-corrected chi connectivity index (χ1v) is 9.24. The van der Waals surface area contributed by atoms with E-state index in [9.17, 15) is 9.59 Å². The van der Waals surface area contributed by atoms with Gasteiger partial charge in [0.2, 0.25) is 0 Å². The topological polar surface area (TPSA) is 98.8 Å². The van der Waals surface area contributed by atoms with Crippen LogP contribution in [0, 0.1) is 5.92 Å². The average Bonchev–Trinajstić information content (AvgIpc) is 3.19. The van der Waals surface area contributed by atoms with Gasteiger partial charge in [0.15, 0.2) is 0 Å². The van der Waals surface area contributed by atoms with Crippen molar-refractivity contribution >= 4 is 5.91 Å². The summed E-state index contributed by atoms with van der Waals surface area (Å²) >= 11 is 0. The quantitative estimate of drug-likeness (QED) is 0.670. The number of amides is 1. The zero-order valence-electron chi connectivity index (χ0n) is 15.6. The number of carbonyl (C=O) groups is 1. The standard InChI is InChI=1S/C19H21N7O2/c1-24-18(27)7-6-16(22-24)19(28)25-9-3-4-14(11-25)12-26-13-17(21-23-26)15-5-2-8-20-10-15/h2,5-8,10,13-14H,3-4,9,11-12H2,1H3/t14-/m0/s1. The van der Waals surface area contributed by atoms with Crippen molar-refractivity contribution in [2.24, 2.45) is 13.0 Å². The molecule has 4 rings (SSSR count). The highest BCUT2D eigenvalue weighted by Gasteiger charge is 2.26. The van der Waals surface area contributed by atoms with Crippen LogP contribution >= 0.6 is 0 Å². The van der Waals surface area contributed by atoms with Crippen molar-refractivity contribution in [2.45, 2.75) is 19.4 Å². The second-order valence-corrected chi connectivity index (χ2v) is 7.01. The lowest BCUT2D eigenvalue weighted by Gasteiger charge is -2.32. The molecule has 0 unspecified atom stereocenters. The van der Waals surface area contributed by atoms with Crippen LogP contribution in [0.2, 0.25) is 0 Å². The molecule has 144 valence electrons. The lowest BCUT2D eigenvalue weighted by atomic mass is 9.97. The molecule has 0 spiro atoms. The predicted octanol–water partition coefficient (Wildman–Crippen LogP) is 0.986. The molecule has 1 atom stereocenters. The van der Waals surface area contributed by atoms with Gasteiger partial charge in [0.1, 0.15) is 11.4 Å². The first-order valence-electron chi connectivity index (χ1n) is 9.24. The van der Waals surface area contributed by atoms with E-state index in [0.717, 1.165) is 24.1 Å². The molecule has 1 fully saturated rings. The second-order valence-electron chi connectivity index (χ2n) is 7.01. The smallest absolute Gasteiger partial charge is 0.274 e. The largest absolute Gasteiger partial charge is 0.337 e. The molecular weight excluding hydrogens is 358 g/mol. The zero-order chi connectivity index (χ0) is 19.5. The predicted molar refractivity (Wildman–Crippen MR) is 101 cm³/mol. The molecule has 1 aliphatic heterocycles. The number of carbonyl (C=O) groups excluding carboxylic acids is 1.